The molecule has 5 rings (SSSR count). The Kier molecular flexibility index (Phi) is 8.26. The Morgan fingerprint density at radius 1 is 1.21 bits per heavy atom. The van der Waals surface area contributed by atoms with Crippen LogP contribution in [0.4, 0.5) is 0 Å². The maximum absolute atomic E-state index is 13.4. The van der Waals surface area contributed by atoms with Gasteiger partial charge < -0.3 is 19.7 Å². The number of halogens is 1. The van der Waals surface area contributed by atoms with E-state index in [9.17, 15) is 14.7 Å². The van der Waals surface area contributed by atoms with Crippen molar-refractivity contribution in [2.45, 2.75) is 38.7 Å². The SMILES string of the molecule is CCn1cc(C(=O)NCc2ccc(Cl)cc2)c(=O)c2cc(CN3CCOC[C@@H]3[C@@H](O)c3ccccc3)sc21. The van der Waals surface area contributed by atoms with E-state index in [0.29, 0.717) is 49.8 Å². The predicted octanol–water partition coefficient (Wildman–Crippen LogP) is 4.60. The Balaban J connectivity index is 1.38. The third kappa shape index (κ3) is 5.70. The van der Waals surface area contributed by atoms with Crippen molar-refractivity contribution in [3.63, 3.8) is 0 Å². The number of nitrogens with one attached hydrogen (secondary N) is 1. The highest BCUT2D eigenvalue weighted by Crippen LogP contribution is 2.29. The van der Waals surface area contributed by atoms with Crippen LogP contribution in [-0.4, -0.2) is 46.3 Å². The fourth-order valence-corrected chi connectivity index (χ4v) is 6.14. The van der Waals surface area contributed by atoms with E-state index in [4.69, 9.17) is 16.3 Å². The first-order valence-corrected chi connectivity index (χ1v) is 13.9. The number of ether oxygens (including phenoxy) is 1. The molecule has 198 valence electrons. The molecular formula is C29H30ClN3O4S. The molecule has 0 spiro atoms. The van der Waals surface area contributed by atoms with Crippen molar-refractivity contribution in [2.75, 3.05) is 19.8 Å². The molecule has 2 aromatic heterocycles. The Labute approximate surface area is 230 Å². The van der Waals surface area contributed by atoms with Crippen molar-refractivity contribution >= 4 is 39.1 Å². The summed E-state index contributed by atoms with van der Waals surface area (Å²) in [5, 5.41) is 15.1. The zero-order valence-corrected chi connectivity index (χ0v) is 22.7. The van der Waals surface area contributed by atoms with Gasteiger partial charge in [-0.15, -0.1) is 11.3 Å². The molecule has 0 aliphatic carbocycles. The van der Waals surface area contributed by atoms with Gasteiger partial charge in [0.1, 0.15) is 10.4 Å². The molecule has 1 amide bonds. The number of rotatable bonds is 8. The summed E-state index contributed by atoms with van der Waals surface area (Å²) in [6, 6.07) is 18.5. The van der Waals surface area contributed by atoms with Gasteiger partial charge in [0.25, 0.3) is 5.91 Å². The normalized spacial score (nSPS) is 17.0. The fraction of sp³-hybridized carbons (Fsp3) is 0.310. The number of carbonyl (C=O) groups is 1. The molecule has 1 fully saturated rings. The Morgan fingerprint density at radius 3 is 2.71 bits per heavy atom. The average molecular weight is 552 g/mol. The van der Waals surface area contributed by atoms with Crippen LogP contribution in [0.1, 0.15) is 39.4 Å². The second-order valence-electron chi connectivity index (χ2n) is 9.37. The lowest BCUT2D eigenvalue weighted by Gasteiger charge is -2.38. The molecule has 1 saturated heterocycles. The number of thiophene rings is 1. The quantitative estimate of drug-likeness (QED) is 0.334. The summed E-state index contributed by atoms with van der Waals surface area (Å²) >= 11 is 7.50. The first-order chi connectivity index (χ1) is 18.4. The van der Waals surface area contributed by atoms with E-state index in [1.54, 1.807) is 29.7 Å². The smallest absolute Gasteiger partial charge is 0.257 e. The molecule has 0 saturated carbocycles. The van der Waals surface area contributed by atoms with E-state index in [0.717, 1.165) is 20.8 Å². The van der Waals surface area contributed by atoms with Crippen LogP contribution in [0.15, 0.2) is 71.7 Å². The number of morpholine rings is 1. The van der Waals surface area contributed by atoms with Gasteiger partial charge in [0.15, 0.2) is 0 Å². The number of benzene rings is 2. The van der Waals surface area contributed by atoms with E-state index in [-0.39, 0.29) is 17.0 Å². The van der Waals surface area contributed by atoms with Gasteiger partial charge >= 0.3 is 0 Å². The zero-order valence-electron chi connectivity index (χ0n) is 21.1. The third-order valence-corrected chi connectivity index (χ3v) is 8.30. The van der Waals surface area contributed by atoms with Gasteiger partial charge in [-0.3, -0.25) is 14.5 Å². The number of aromatic nitrogens is 1. The van der Waals surface area contributed by atoms with E-state index in [2.05, 4.69) is 10.2 Å². The number of nitrogens with zero attached hydrogens (tertiary/aromatic N) is 2. The minimum absolute atomic E-state index is 0.126. The molecule has 1 aliphatic rings. The topological polar surface area (TPSA) is 83.8 Å². The summed E-state index contributed by atoms with van der Waals surface area (Å²) in [5.74, 6) is -0.402. The van der Waals surface area contributed by atoms with Crippen LogP contribution in [0, 0.1) is 0 Å². The number of fused-ring (bicyclic) bond motifs is 1. The number of pyridine rings is 1. The fourth-order valence-electron chi connectivity index (χ4n) is 4.80. The summed E-state index contributed by atoms with van der Waals surface area (Å²) in [7, 11) is 0. The van der Waals surface area contributed by atoms with Crippen LogP contribution in [0.25, 0.3) is 10.2 Å². The lowest BCUT2D eigenvalue weighted by Crippen LogP contribution is -2.48. The standard InChI is InChI=1S/C29H30ClN3O4S/c1-2-32-17-24(28(36)31-15-19-8-10-21(30)11-9-19)27(35)23-14-22(38-29(23)32)16-33-12-13-37-18-25(33)26(34)20-6-4-3-5-7-20/h3-11,14,17,25-26,34H,2,12-13,15-16,18H2,1H3,(H,31,36)/t25-,26+/m1/s1. The monoisotopic (exact) mass is 551 g/mol. The highest BCUT2D eigenvalue weighted by molar-refractivity contribution is 7.18. The number of amides is 1. The second-order valence-corrected chi connectivity index (χ2v) is 10.9. The third-order valence-electron chi connectivity index (χ3n) is 6.90. The van der Waals surface area contributed by atoms with Crippen molar-refractivity contribution in [1.29, 1.82) is 0 Å². The molecule has 0 unspecified atom stereocenters. The first-order valence-electron chi connectivity index (χ1n) is 12.7. The van der Waals surface area contributed by atoms with E-state index in [1.807, 2.05) is 60.0 Å². The van der Waals surface area contributed by atoms with Gasteiger partial charge in [0.05, 0.1) is 30.7 Å². The number of carbonyl (C=O) groups excluding carboxylic acids is 1. The van der Waals surface area contributed by atoms with Crippen molar-refractivity contribution in [3.05, 3.63) is 104 Å². The maximum Gasteiger partial charge on any atom is 0.257 e. The highest BCUT2D eigenvalue weighted by Gasteiger charge is 2.31. The molecule has 3 heterocycles. The maximum atomic E-state index is 13.4. The van der Waals surface area contributed by atoms with Gasteiger partial charge in [-0.1, -0.05) is 54.1 Å². The van der Waals surface area contributed by atoms with Crippen molar-refractivity contribution in [2.24, 2.45) is 0 Å². The summed E-state index contributed by atoms with van der Waals surface area (Å²) in [6.45, 7) is 5.20. The van der Waals surface area contributed by atoms with Crippen LogP contribution in [0.5, 0.6) is 0 Å². The Hall–Kier alpha value is -3.01. The average Bonchev–Trinajstić information content (AvgIpc) is 3.37. The van der Waals surface area contributed by atoms with Crippen molar-refractivity contribution in [3.8, 4) is 0 Å². The van der Waals surface area contributed by atoms with Crippen LogP contribution < -0.4 is 10.7 Å². The van der Waals surface area contributed by atoms with Crippen LogP contribution >= 0.6 is 22.9 Å². The number of aryl methyl sites for hydroxylation is 1. The summed E-state index contributed by atoms with van der Waals surface area (Å²) in [6.07, 6.45) is 0.969. The van der Waals surface area contributed by atoms with Crippen molar-refractivity contribution in [1.82, 2.24) is 14.8 Å². The van der Waals surface area contributed by atoms with Crippen molar-refractivity contribution < 1.29 is 14.6 Å². The number of hydrogen-bond acceptors (Lipinski definition) is 6. The lowest BCUT2D eigenvalue weighted by atomic mass is 10.0. The van der Waals surface area contributed by atoms with Gasteiger partial charge in [-0.25, -0.2) is 0 Å². The van der Waals surface area contributed by atoms with Gasteiger partial charge in [0.2, 0.25) is 5.43 Å². The largest absolute Gasteiger partial charge is 0.387 e. The molecule has 38 heavy (non-hydrogen) atoms. The molecule has 4 aromatic rings. The predicted molar refractivity (Wildman–Crippen MR) is 151 cm³/mol. The molecule has 1 aliphatic heterocycles. The molecule has 2 aromatic carbocycles. The summed E-state index contributed by atoms with van der Waals surface area (Å²) in [4.78, 5) is 30.5. The first kappa shape index (κ1) is 26.6. The van der Waals surface area contributed by atoms with Crippen LogP contribution in [0.2, 0.25) is 5.02 Å². The zero-order chi connectivity index (χ0) is 26.6. The van der Waals surface area contributed by atoms with E-state index < -0.39 is 12.0 Å². The molecule has 0 bridgehead atoms. The summed E-state index contributed by atoms with van der Waals surface area (Å²) in [5.41, 5.74) is 1.60. The number of aliphatic hydroxyl groups is 1. The molecule has 0 radical (unpaired) electrons. The van der Waals surface area contributed by atoms with E-state index in [1.165, 1.54) is 0 Å². The minimum Gasteiger partial charge on any atom is -0.387 e. The van der Waals surface area contributed by atoms with E-state index >= 15 is 0 Å². The molecule has 7 nitrogen and oxygen atoms in total. The van der Waals surface area contributed by atoms with Gasteiger partial charge in [0, 0.05) is 42.3 Å². The Bertz CT molecular complexity index is 1470. The highest BCUT2D eigenvalue weighted by atomic mass is 35.5. The van der Waals surface area contributed by atoms with Crippen LogP contribution in [0.3, 0.4) is 0 Å². The minimum atomic E-state index is -0.683. The van der Waals surface area contributed by atoms with Gasteiger partial charge in [-0.05, 0) is 36.2 Å². The molecule has 9 heteroatoms. The number of aliphatic hydroxyl groups excluding tert-OH is 1. The molecule has 2 atom stereocenters. The Morgan fingerprint density at radius 2 is 1.97 bits per heavy atom. The number of hydrogen-bond donors (Lipinski definition) is 2. The molecule has 2 N–H and O–H groups in total. The molecular weight excluding hydrogens is 522 g/mol. The van der Waals surface area contributed by atoms with Gasteiger partial charge in [-0.2, -0.15) is 0 Å². The lowest BCUT2D eigenvalue weighted by molar-refractivity contribution is -0.0629. The second kappa shape index (κ2) is 11.8. The summed E-state index contributed by atoms with van der Waals surface area (Å²) < 4.78 is 7.66. The van der Waals surface area contributed by atoms with Crippen LogP contribution in [-0.2, 0) is 24.4 Å².